The summed E-state index contributed by atoms with van der Waals surface area (Å²) in [7, 11) is 0. The topological polar surface area (TPSA) is 57.4 Å². The molecule has 0 saturated heterocycles. The standard InChI is InChI=1S/C44H26N4/c45-27-29-20-23-42-39(24-29)37-22-21-31(26-43(37)48(42)40-18-6-4-10-33(40)28-46)30-11-8-12-32(25-30)35-16-9-17-38-36-15-5-7-19-41(36)47(44(35)38)34-13-2-1-3-14-34/h1-26H. The van der Waals surface area contributed by atoms with Gasteiger partial charge in [0, 0.05) is 32.8 Å². The SMILES string of the molecule is N#Cc1ccc2c(c1)c1ccc(-c3cccc(-c4cccc5c6ccccc6n(-c6ccccc6)c45)c3)cc1n2-c1ccccc1C#N. The molecule has 2 heterocycles. The lowest BCUT2D eigenvalue weighted by atomic mass is 9.96. The third kappa shape index (κ3) is 4.14. The summed E-state index contributed by atoms with van der Waals surface area (Å²) >= 11 is 0. The second kappa shape index (κ2) is 10.9. The summed E-state index contributed by atoms with van der Waals surface area (Å²) in [4.78, 5) is 0. The second-order valence-electron chi connectivity index (χ2n) is 12.0. The maximum Gasteiger partial charge on any atom is 0.101 e. The zero-order valence-electron chi connectivity index (χ0n) is 25.8. The Morgan fingerprint density at radius 1 is 0.417 bits per heavy atom. The minimum atomic E-state index is 0.593. The Labute approximate surface area is 277 Å². The van der Waals surface area contributed by atoms with Crippen LogP contribution in [0.4, 0.5) is 0 Å². The van der Waals surface area contributed by atoms with Gasteiger partial charge in [-0.05, 0) is 77.4 Å². The first-order valence-electron chi connectivity index (χ1n) is 15.9. The summed E-state index contributed by atoms with van der Waals surface area (Å²) in [5.74, 6) is 0. The van der Waals surface area contributed by atoms with Gasteiger partial charge in [0.25, 0.3) is 0 Å². The molecule has 9 rings (SSSR count). The van der Waals surface area contributed by atoms with Crippen molar-refractivity contribution in [1.82, 2.24) is 9.13 Å². The second-order valence-corrected chi connectivity index (χ2v) is 12.0. The molecule has 0 amide bonds. The molecule has 222 valence electrons. The molecular weight excluding hydrogens is 585 g/mol. The van der Waals surface area contributed by atoms with Crippen LogP contribution in [0.5, 0.6) is 0 Å². The molecule has 4 heteroatoms. The Balaban J connectivity index is 1.27. The van der Waals surface area contributed by atoms with E-state index in [1.807, 2.05) is 42.5 Å². The Morgan fingerprint density at radius 3 is 2.00 bits per heavy atom. The first-order chi connectivity index (χ1) is 23.7. The third-order valence-corrected chi connectivity index (χ3v) is 9.38. The van der Waals surface area contributed by atoms with Crippen molar-refractivity contribution in [1.29, 1.82) is 10.5 Å². The van der Waals surface area contributed by atoms with Crippen LogP contribution in [-0.2, 0) is 0 Å². The molecule has 2 aromatic heterocycles. The highest BCUT2D eigenvalue weighted by Gasteiger charge is 2.18. The van der Waals surface area contributed by atoms with E-state index in [1.165, 1.54) is 21.8 Å². The van der Waals surface area contributed by atoms with Crippen LogP contribution >= 0.6 is 0 Å². The zero-order valence-corrected chi connectivity index (χ0v) is 25.8. The quantitative estimate of drug-likeness (QED) is 0.199. The van der Waals surface area contributed by atoms with Crippen LogP contribution in [0.3, 0.4) is 0 Å². The maximum absolute atomic E-state index is 10.0. The molecule has 0 atom stereocenters. The predicted molar refractivity (Wildman–Crippen MR) is 195 cm³/mol. The molecule has 0 radical (unpaired) electrons. The molecule has 7 aromatic carbocycles. The minimum Gasteiger partial charge on any atom is -0.309 e. The normalized spacial score (nSPS) is 11.3. The lowest BCUT2D eigenvalue weighted by molar-refractivity contribution is 1.17. The van der Waals surface area contributed by atoms with Crippen LogP contribution in [0, 0.1) is 22.7 Å². The smallest absolute Gasteiger partial charge is 0.101 e. The van der Waals surface area contributed by atoms with E-state index in [2.05, 4.69) is 137 Å². The van der Waals surface area contributed by atoms with Crippen molar-refractivity contribution in [3.05, 3.63) is 169 Å². The summed E-state index contributed by atoms with van der Waals surface area (Å²) < 4.78 is 4.52. The van der Waals surface area contributed by atoms with Crippen molar-refractivity contribution in [2.45, 2.75) is 0 Å². The molecule has 0 saturated carbocycles. The summed E-state index contributed by atoms with van der Waals surface area (Å²) in [6.07, 6.45) is 0. The van der Waals surface area contributed by atoms with Gasteiger partial charge in [0.05, 0.1) is 45.0 Å². The monoisotopic (exact) mass is 610 g/mol. The number of para-hydroxylation sites is 4. The van der Waals surface area contributed by atoms with Crippen LogP contribution in [0.2, 0.25) is 0 Å². The molecule has 0 fully saturated rings. The largest absolute Gasteiger partial charge is 0.309 e. The Kier molecular flexibility index (Phi) is 6.22. The van der Waals surface area contributed by atoms with Gasteiger partial charge in [-0.1, -0.05) is 97.1 Å². The van der Waals surface area contributed by atoms with E-state index >= 15 is 0 Å². The van der Waals surface area contributed by atoms with E-state index in [1.54, 1.807) is 0 Å². The van der Waals surface area contributed by atoms with Crippen molar-refractivity contribution in [3.8, 4) is 45.8 Å². The molecule has 4 nitrogen and oxygen atoms in total. The Morgan fingerprint density at radius 2 is 1.12 bits per heavy atom. The van der Waals surface area contributed by atoms with Crippen molar-refractivity contribution < 1.29 is 0 Å². The molecule has 48 heavy (non-hydrogen) atoms. The van der Waals surface area contributed by atoms with Gasteiger partial charge in [-0.3, -0.25) is 0 Å². The fraction of sp³-hybridized carbons (Fsp3) is 0. The van der Waals surface area contributed by atoms with E-state index in [-0.39, 0.29) is 0 Å². The minimum absolute atomic E-state index is 0.593. The van der Waals surface area contributed by atoms with Gasteiger partial charge >= 0.3 is 0 Å². The van der Waals surface area contributed by atoms with Crippen LogP contribution in [-0.4, -0.2) is 9.13 Å². The Bertz CT molecular complexity index is 2800. The molecule has 0 aliphatic carbocycles. The predicted octanol–water partition coefficient (Wildman–Crippen LogP) is 11.0. The number of hydrogen-bond acceptors (Lipinski definition) is 2. The molecule has 0 aliphatic rings. The first kappa shape index (κ1) is 27.4. The van der Waals surface area contributed by atoms with Gasteiger partial charge in [-0.2, -0.15) is 10.5 Å². The van der Waals surface area contributed by atoms with Gasteiger partial charge in [-0.25, -0.2) is 0 Å². The summed E-state index contributed by atoms with van der Waals surface area (Å²) in [5, 5.41) is 24.2. The number of nitrogens with zero attached hydrogens (tertiary/aromatic N) is 4. The van der Waals surface area contributed by atoms with Crippen molar-refractivity contribution in [3.63, 3.8) is 0 Å². The summed E-state index contributed by atoms with van der Waals surface area (Å²) in [6.45, 7) is 0. The average molecular weight is 611 g/mol. The average Bonchev–Trinajstić information content (AvgIpc) is 3.67. The molecule has 0 spiro atoms. The lowest BCUT2D eigenvalue weighted by Gasteiger charge is -2.13. The van der Waals surface area contributed by atoms with Crippen LogP contribution < -0.4 is 0 Å². The molecule has 0 bridgehead atoms. The van der Waals surface area contributed by atoms with E-state index in [9.17, 15) is 10.5 Å². The van der Waals surface area contributed by atoms with Gasteiger partial charge < -0.3 is 9.13 Å². The fourth-order valence-corrected chi connectivity index (χ4v) is 7.26. The van der Waals surface area contributed by atoms with Gasteiger partial charge in [-0.15, -0.1) is 0 Å². The highest BCUT2D eigenvalue weighted by molar-refractivity contribution is 6.14. The zero-order chi connectivity index (χ0) is 32.2. The van der Waals surface area contributed by atoms with Gasteiger partial charge in [0.1, 0.15) is 6.07 Å². The van der Waals surface area contributed by atoms with Crippen molar-refractivity contribution >= 4 is 43.6 Å². The third-order valence-electron chi connectivity index (χ3n) is 9.38. The number of hydrogen-bond donors (Lipinski definition) is 0. The van der Waals surface area contributed by atoms with Crippen molar-refractivity contribution in [2.24, 2.45) is 0 Å². The van der Waals surface area contributed by atoms with Crippen LogP contribution in [0.1, 0.15) is 11.1 Å². The molecule has 0 N–H and O–H groups in total. The Hall–Kier alpha value is -6.88. The van der Waals surface area contributed by atoms with Crippen molar-refractivity contribution in [2.75, 3.05) is 0 Å². The molecule has 0 unspecified atom stereocenters. The van der Waals surface area contributed by atoms with Crippen LogP contribution in [0.15, 0.2) is 158 Å². The summed E-state index contributed by atoms with van der Waals surface area (Å²) in [5.41, 5.74) is 11.9. The number of rotatable bonds is 4. The molecule has 0 aliphatic heterocycles. The molecular formula is C44H26N4. The van der Waals surface area contributed by atoms with E-state index < -0.39 is 0 Å². The fourth-order valence-electron chi connectivity index (χ4n) is 7.26. The highest BCUT2D eigenvalue weighted by atomic mass is 15.0. The van der Waals surface area contributed by atoms with E-state index in [0.29, 0.717) is 11.1 Å². The number of benzene rings is 7. The van der Waals surface area contributed by atoms with E-state index in [0.717, 1.165) is 55.4 Å². The number of aromatic nitrogens is 2. The van der Waals surface area contributed by atoms with Crippen LogP contribution in [0.25, 0.3) is 77.2 Å². The number of fused-ring (bicyclic) bond motifs is 6. The highest BCUT2D eigenvalue weighted by Crippen LogP contribution is 2.40. The maximum atomic E-state index is 10.0. The van der Waals surface area contributed by atoms with E-state index in [4.69, 9.17) is 0 Å². The first-order valence-corrected chi connectivity index (χ1v) is 15.9. The van der Waals surface area contributed by atoms with Gasteiger partial charge in [0.2, 0.25) is 0 Å². The number of nitriles is 2. The lowest BCUT2D eigenvalue weighted by Crippen LogP contribution is -1.97. The summed E-state index contributed by atoms with van der Waals surface area (Å²) in [6, 6.07) is 59.1. The van der Waals surface area contributed by atoms with Gasteiger partial charge in [0.15, 0.2) is 0 Å². The molecule has 9 aromatic rings.